The third kappa shape index (κ3) is 2.97. The van der Waals surface area contributed by atoms with Crippen LogP contribution in [-0.2, 0) is 4.79 Å². The van der Waals surface area contributed by atoms with E-state index in [1.165, 1.54) is 32.1 Å². The molecule has 2 aliphatic rings. The number of nitrogens with one attached hydrogen (secondary N) is 1. The highest BCUT2D eigenvalue weighted by Gasteiger charge is 2.40. The van der Waals surface area contributed by atoms with Crippen molar-refractivity contribution in [1.29, 1.82) is 0 Å². The second-order valence-corrected chi connectivity index (χ2v) is 6.71. The number of hydrogen-bond acceptors (Lipinski definition) is 3. The maximum Gasteiger partial charge on any atom is 0.307 e. The largest absolute Gasteiger partial charge is 0.481 e. The molecule has 5 heteroatoms. The average Bonchev–Trinajstić information content (AvgIpc) is 3.14. The normalized spacial score (nSPS) is 30.6. The summed E-state index contributed by atoms with van der Waals surface area (Å²) in [6.07, 6.45) is 8.91. The first-order valence-corrected chi connectivity index (χ1v) is 8.34. The number of aromatic nitrogens is 3. The van der Waals surface area contributed by atoms with Gasteiger partial charge in [0.2, 0.25) is 0 Å². The Morgan fingerprint density at radius 3 is 2.71 bits per heavy atom. The lowest BCUT2D eigenvalue weighted by molar-refractivity contribution is -0.142. The van der Waals surface area contributed by atoms with Gasteiger partial charge >= 0.3 is 5.97 Å². The van der Waals surface area contributed by atoms with E-state index in [2.05, 4.69) is 22.1 Å². The van der Waals surface area contributed by atoms with Gasteiger partial charge in [-0.3, -0.25) is 9.89 Å². The fourth-order valence-corrected chi connectivity index (χ4v) is 4.05. The number of carboxylic acid groups (broad SMARTS) is 1. The smallest absolute Gasteiger partial charge is 0.307 e. The van der Waals surface area contributed by atoms with Gasteiger partial charge in [-0.05, 0) is 31.6 Å². The molecule has 2 N–H and O–H groups in total. The molecule has 0 bridgehead atoms. The van der Waals surface area contributed by atoms with E-state index in [0.29, 0.717) is 11.8 Å². The Bertz CT molecular complexity index is 493. The minimum absolute atomic E-state index is 0.0114. The minimum Gasteiger partial charge on any atom is -0.481 e. The van der Waals surface area contributed by atoms with Gasteiger partial charge < -0.3 is 5.11 Å². The fourth-order valence-electron chi connectivity index (χ4n) is 4.05. The Morgan fingerprint density at radius 2 is 2.05 bits per heavy atom. The van der Waals surface area contributed by atoms with Crippen LogP contribution in [0.5, 0.6) is 0 Å². The first-order chi connectivity index (χ1) is 10.2. The molecule has 1 aromatic rings. The number of rotatable bonds is 4. The van der Waals surface area contributed by atoms with Crippen LogP contribution in [0, 0.1) is 11.8 Å². The number of carboxylic acids is 1. The quantitative estimate of drug-likeness (QED) is 0.890. The van der Waals surface area contributed by atoms with Gasteiger partial charge in [-0.25, -0.2) is 4.98 Å². The first-order valence-electron chi connectivity index (χ1n) is 8.34. The Balaban J connectivity index is 1.76. The van der Waals surface area contributed by atoms with E-state index in [4.69, 9.17) is 0 Å². The highest BCUT2D eigenvalue weighted by atomic mass is 16.4. The average molecular weight is 291 g/mol. The van der Waals surface area contributed by atoms with Crippen molar-refractivity contribution in [3.05, 3.63) is 11.6 Å². The monoisotopic (exact) mass is 291 g/mol. The number of carbonyl (C=O) groups is 1. The number of nitrogens with zero attached hydrogens (tertiary/aromatic N) is 2. The van der Waals surface area contributed by atoms with E-state index in [1.807, 2.05) is 0 Å². The molecule has 0 aromatic carbocycles. The van der Waals surface area contributed by atoms with Gasteiger partial charge in [0.05, 0.1) is 5.92 Å². The summed E-state index contributed by atoms with van der Waals surface area (Å²) in [5.74, 6) is 1.70. The molecule has 0 amide bonds. The fraction of sp³-hybridized carbons (Fsp3) is 0.812. The van der Waals surface area contributed by atoms with E-state index in [-0.39, 0.29) is 11.8 Å². The van der Waals surface area contributed by atoms with E-state index < -0.39 is 5.97 Å². The predicted molar refractivity (Wildman–Crippen MR) is 79.1 cm³/mol. The first kappa shape index (κ1) is 14.5. The minimum atomic E-state index is -0.688. The lowest BCUT2D eigenvalue weighted by atomic mass is 9.89. The van der Waals surface area contributed by atoms with Gasteiger partial charge in [-0.1, -0.05) is 32.6 Å². The Hall–Kier alpha value is -1.39. The number of aliphatic carboxylic acids is 1. The van der Waals surface area contributed by atoms with E-state index in [1.54, 1.807) is 0 Å². The number of aromatic amines is 1. The Labute approximate surface area is 125 Å². The summed E-state index contributed by atoms with van der Waals surface area (Å²) in [4.78, 5) is 16.2. The highest BCUT2D eigenvalue weighted by Crippen LogP contribution is 2.43. The maximum atomic E-state index is 11.5. The third-order valence-electron chi connectivity index (χ3n) is 5.40. The van der Waals surface area contributed by atoms with Gasteiger partial charge in [-0.15, -0.1) is 0 Å². The molecule has 5 nitrogen and oxygen atoms in total. The van der Waals surface area contributed by atoms with E-state index >= 15 is 0 Å². The van der Waals surface area contributed by atoms with Crippen molar-refractivity contribution in [1.82, 2.24) is 15.2 Å². The predicted octanol–water partition coefficient (Wildman–Crippen LogP) is 3.46. The van der Waals surface area contributed by atoms with Crippen molar-refractivity contribution < 1.29 is 9.90 Å². The zero-order valence-electron chi connectivity index (χ0n) is 12.7. The van der Waals surface area contributed by atoms with Crippen LogP contribution in [0.3, 0.4) is 0 Å². The molecule has 2 fully saturated rings. The van der Waals surface area contributed by atoms with Crippen LogP contribution < -0.4 is 0 Å². The van der Waals surface area contributed by atoms with Crippen molar-refractivity contribution in [2.75, 3.05) is 0 Å². The zero-order chi connectivity index (χ0) is 14.8. The molecule has 0 spiro atoms. The molecule has 3 unspecified atom stereocenters. The second-order valence-electron chi connectivity index (χ2n) is 6.71. The van der Waals surface area contributed by atoms with Crippen LogP contribution in [0.25, 0.3) is 0 Å². The maximum absolute atomic E-state index is 11.5. The molecule has 116 valence electrons. The van der Waals surface area contributed by atoms with Gasteiger partial charge in [0.15, 0.2) is 5.82 Å². The molecule has 1 aromatic heterocycles. The molecule has 0 saturated heterocycles. The lowest BCUT2D eigenvalue weighted by Gasteiger charge is -2.18. The molecular formula is C16H25N3O2. The molecule has 2 saturated carbocycles. The van der Waals surface area contributed by atoms with Crippen molar-refractivity contribution >= 4 is 5.97 Å². The SMILES string of the molecule is CCC1CC(C(=O)O)C(c2nc(C3CCCCC3)n[nH]2)C1. The van der Waals surface area contributed by atoms with Gasteiger partial charge in [-0.2, -0.15) is 5.10 Å². The molecule has 3 atom stereocenters. The number of hydrogen-bond donors (Lipinski definition) is 2. The Morgan fingerprint density at radius 1 is 1.29 bits per heavy atom. The molecule has 0 aliphatic heterocycles. The summed E-state index contributed by atoms with van der Waals surface area (Å²) < 4.78 is 0. The summed E-state index contributed by atoms with van der Waals surface area (Å²) >= 11 is 0. The molecule has 3 rings (SSSR count). The summed E-state index contributed by atoms with van der Waals surface area (Å²) in [6, 6.07) is 0. The third-order valence-corrected chi connectivity index (χ3v) is 5.40. The van der Waals surface area contributed by atoms with Gasteiger partial charge in [0, 0.05) is 11.8 Å². The molecule has 1 heterocycles. The van der Waals surface area contributed by atoms with Gasteiger partial charge in [0.25, 0.3) is 0 Å². The Kier molecular flexibility index (Phi) is 4.27. The van der Waals surface area contributed by atoms with Crippen molar-refractivity contribution in [2.45, 2.75) is 70.1 Å². The lowest BCUT2D eigenvalue weighted by Crippen LogP contribution is -2.18. The van der Waals surface area contributed by atoms with Crippen LogP contribution in [0.15, 0.2) is 0 Å². The van der Waals surface area contributed by atoms with E-state index in [0.717, 1.165) is 30.9 Å². The van der Waals surface area contributed by atoms with Crippen LogP contribution in [-0.4, -0.2) is 26.3 Å². The summed E-state index contributed by atoms with van der Waals surface area (Å²) in [7, 11) is 0. The molecule has 0 radical (unpaired) electrons. The number of H-pyrrole nitrogens is 1. The summed E-state index contributed by atoms with van der Waals surface area (Å²) in [5.41, 5.74) is 0. The van der Waals surface area contributed by atoms with Crippen LogP contribution in [0.4, 0.5) is 0 Å². The van der Waals surface area contributed by atoms with E-state index in [9.17, 15) is 9.90 Å². The molecule has 21 heavy (non-hydrogen) atoms. The topological polar surface area (TPSA) is 78.9 Å². The van der Waals surface area contributed by atoms with Crippen LogP contribution >= 0.6 is 0 Å². The molecular weight excluding hydrogens is 266 g/mol. The second kappa shape index (κ2) is 6.16. The zero-order valence-corrected chi connectivity index (χ0v) is 12.7. The van der Waals surface area contributed by atoms with Crippen LogP contribution in [0.1, 0.15) is 81.8 Å². The van der Waals surface area contributed by atoms with Crippen molar-refractivity contribution in [2.24, 2.45) is 11.8 Å². The summed E-state index contributed by atoms with van der Waals surface area (Å²) in [6.45, 7) is 2.14. The standard InChI is InChI=1S/C16H25N3O2/c1-2-10-8-12(13(9-10)16(20)21)15-17-14(18-19-15)11-6-4-3-5-7-11/h10-13H,2-9H2,1H3,(H,20,21)(H,17,18,19). The summed E-state index contributed by atoms with van der Waals surface area (Å²) in [5, 5.41) is 16.9. The molecule has 2 aliphatic carbocycles. The van der Waals surface area contributed by atoms with Crippen molar-refractivity contribution in [3.63, 3.8) is 0 Å². The highest BCUT2D eigenvalue weighted by molar-refractivity contribution is 5.71. The van der Waals surface area contributed by atoms with Crippen LogP contribution in [0.2, 0.25) is 0 Å². The van der Waals surface area contributed by atoms with Gasteiger partial charge in [0.1, 0.15) is 5.82 Å². The van der Waals surface area contributed by atoms with Crippen molar-refractivity contribution in [3.8, 4) is 0 Å².